The molecule has 5 rings (SSSR count). The summed E-state index contributed by atoms with van der Waals surface area (Å²) in [6.45, 7) is 14.6. The largest absolute Gasteiger partial charge is 0.497 e. The second-order valence-electron chi connectivity index (χ2n) is 15.8. The Morgan fingerprint density at radius 2 is 1.48 bits per heavy atom. The van der Waals surface area contributed by atoms with Gasteiger partial charge in [-0.15, -0.1) is 0 Å². The van der Waals surface area contributed by atoms with Crippen LogP contribution in [0.5, 0.6) is 11.5 Å². The van der Waals surface area contributed by atoms with Crippen molar-refractivity contribution in [1.82, 2.24) is 14.2 Å². The Morgan fingerprint density at radius 3 is 2.00 bits per heavy atom. The number of aromatic nitrogens is 2. The van der Waals surface area contributed by atoms with E-state index in [1.807, 2.05) is 106 Å². The second kappa shape index (κ2) is 19.9. The molecule has 13 heteroatoms. The molecule has 12 nitrogen and oxygen atoms in total. The molecule has 0 spiro atoms. The van der Waals surface area contributed by atoms with E-state index in [-0.39, 0.29) is 43.6 Å². The summed E-state index contributed by atoms with van der Waals surface area (Å²) in [5, 5.41) is 9.37. The highest BCUT2D eigenvalue weighted by atomic mass is 31.2. The van der Waals surface area contributed by atoms with Crippen molar-refractivity contribution < 1.29 is 28.0 Å². The number of rotatable bonds is 18. The summed E-state index contributed by atoms with van der Waals surface area (Å²) in [5.41, 5.74) is 0.450. The first-order valence-electron chi connectivity index (χ1n) is 19.6. The normalized spacial score (nSPS) is 17.9. The number of benzene rings is 3. The molecule has 1 aromatic heterocycles. The third kappa shape index (κ3) is 10.7. The number of ether oxygens (including phenoxy) is 4. The van der Waals surface area contributed by atoms with E-state index in [0.29, 0.717) is 17.1 Å². The van der Waals surface area contributed by atoms with Crippen LogP contribution in [0, 0.1) is 16.7 Å². The van der Waals surface area contributed by atoms with E-state index >= 15 is 0 Å². The van der Waals surface area contributed by atoms with Crippen molar-refractivity contribution in [2.75, 3.05) is 27.4 Å². The van der Waals surface area contributed by atoms with Crippen LogP contribution in [-0.4, -0.2) is 65.9 Å². The lowest BCUT2D eigenvalue weighted by molar-refractivity contribution is -0.0925. The number of H-pyrrole nitrogens is 1. The topological polar surface area (TPSA) is 137 Å². The number of hydrogen-bond acceptors (Lipinski definition) is 10. The molecule has 3 aromatic carbocycles. The Bertz CT molecular complexity index is 2050. The zero-order valence-electron chi connectivity index (χ0n) is 35.0. The number of hydrogen-bond donors (Lipinski definition) is 1. The Balaban J connectivity index is 1.63. The van der Waals surface area contributed by atoms with E-state index in [0.717, 1.165) is 16.7 Å². The van der Waals surface area contributed by atoms with Crippen molar-refractivity contribution in [3.8, 4) is 17.6 Å². The van der Waals surface area contributed by atoms with E-state index in [4.69, 9.17) is 28.0 Å². The second-order valence-corrected chi connectivity index (χ2v) is 17.2. The molecule has 0 aliphatic carbocycles. The summed E-state index contributed by atoms with van der Waals surface area (Å²) < 4.78 is 42.0. The average Bonchev–Trinajstić information content (AvgIpc) is 3.59. The fourth-order valence-corrected chi connectivity index (χ4v) is 8.76. The van der Waals surface area contributed by atoms with Gasteiger partial charge in [0.05, 0.1) is 51.6 Å². The molecule has 0 bridgehead atoms. The van der Waals surface area contributed by atoms with Crippen LogP contribution < -0.4 is 20.7 Å². The molecule has 1 aliphatic heterocycles. The molecule has 1 fully saturated rings. The van der Waals surface area contributed by atoms with Crippen LogP contribution in [0.2, 0.25) is 0 Å². The van der Waals surface area contributed by atoms with E-state index < -0.39 is 43.8 Å². The van der Waals surface area contributed by atoms with Crippen molar-refractivity contribution >= 4 is 14.6 Å². The molecule has 1 unspecified atom stereocenters. The van der Waals surface area contributed by atoms with Gasteiger partial charge in [0.1, 0.15) is 29.4 Å². The standard InChI is InChI=1S/C45H57N4O8P/c1-31(2)49(32(3)4)58(55-27-13-26-46)57-39-28-41(48-29-33(24-25-44(5,6)7)42(50)47-43(48)51)56-40(39)30-54-45(34-14-11-10-12-15-34,35-16-20-37(52-8)21-17-35)36-18-22-38(53-9)23-19-36/h10-12,14-25,29,31-32,39-41H,13,27-28,30H2,1-9H3,(H,47,50,51)/b25-24+/t39-,40+,41+,58?/m0/s1. The van der Waals surface area contributed by atoms with Gasteiger partial charge in [-0.2, -0.15) is 5.26 Å². The van der Waals surface area contributed by atoms with Crippen molar-refractivity contribution in [3.63, 3.8) is 0 Å². The maximum absolute atomic E-state index is 13.5. The maximum Gasteiger partial charge on any atom is 0.330 e. The first kappa shape index (κ1) is 44.5. The summed E-state index contributed by atoms with van der Waals surface area (Å²) in [6, 6.07) is 27.8. The number of methoxy groups -OCH3 is 2. The predicted molar refractivity (Wildman–Crippen MR) is 227 cm³/mol. The van der Waals surface area contributed by atoms with E-state index in [1.54, 1.807) is 20.3 Å². The molecule has 1 N–H and O–H groups in total. The number of nitrogens with zero attached hydrogens (tertiary/aromatic N) is 3. The lowest BCUT2D eigenvalue weighted by atomic mass is 9.80. The molecular formula is C45H57N4O8P. The third-order valence-corrected chi connectivity index (χ3v) is 11.9. The number of nitrogens with one attached hydrogen (secondary N) is 1. The lowest BCUT2D eigenvalue weighted by Gasteiger charge is -2.39. The van der Waals surface area contributed by atoms with Gasteiger partial charge in [-0.3, -0.25) is 14.3 Å². The van der Waals surface area contributed by atoms with Crippen molar-refractivity contribution in [3.05, 3.63) is 134 Å². The summed E-state index contributed by atoms with van der Waals surface area (Å²) in [6.07, 6.45) is 3.46. The molecule has 0 radical (unpaired) electrons. The smallest absolute Gasteiger partial charge is 0.330 e. The summed E-state index contributed by atoms with van der Waals surface area (Å²) in [7, 11) is 1.56. The minimum Gasteiger partial charge on any atom is -0.497 e. The summed E-state index contributed by atoms with van der Waals surface area (Å²) in [5.74, 6) is 1.40. The highest BCUT2D eigenvalue weighted by Gasteiger charge is 2.45. The highest BCUT2D eigenvalue weighted by molar-refractivity contribution is 7.44. The first-order chi connectivity index (χ1) is 27.7. The fraction of sp³-hybridized carbons (Fsp3) is 0.444. The number of nitriles is 1. The van der Waals surface area contributed by atoms with Gasteiger partial charge in [0.2, 0.25) is 0 Å². The van der Waals surface area contributed by atoms with Crippen molar-refractivity contribution in [2.45, 2.75) is 97.4 Å². The van der Waals surface area contributed by atoms with E-state index in [1.165, 1.54) is 10.8 Å². The quantitative estimate of drug-likeness (QED) is 0.0591. The number of allylic oxidation sites excluding steroid dienone is 1. The zero-order chi connectivity index (χ0) is 42.0. The summed E-state index contributed by atoms with van der Waals surface area (Å²) >= 11 is 0. The molecule has 310 valence electrons. The Labute approximate surface area is 343 Å². The third-order valence-electron chi connectivity index (χ3n) is 9.77. The Morgan fingerprint density at radius 1 is 0.914 bits per heavy atom. The van der Waals surface area contributed by atoms with Gasteiger partial charge in [-0.1, -0.05) is 87.5 Å². The van der Waals surface area contributed by atoms with Crippen molar-refractivity contribution in [1.29, 1.82) is 5.26 Å². The fourth-order valence-electron chi connectivity index (χ4n) is 7.00. The SMILES string of the molecule is COc1ccc(C(OC[C@H]2O[C@@H](n3cc(/C=C/C(C)(C)C)c(=O)[nH]c3=O)C[C@@H]2OP(OCCC#N)N(C(C)C)C(C)C)(c2ccccc2)c2ccc(OC)cc2)cc1. The van der Waals surface area contributed by atoms with Crippen LogP contribution in [0.1, 0.15) is 89.8 Å². The van der Waals surface area contributed by atoms with Gasteiger partial charge >= 0.3 is 5.69 Å². The van der Waals surface area contributed by atoms with Crippen molar-refractivity contribution in [2.24, 2.45) is 5.41 Å². The molecule has 4 atom stereocenters. The molecular weight excluding hydrogens is 755 g/mol. The molecule has 4 aromatic rings. The lowest BCUT2D eigenvalue weighted by Crippen LogP contribution is -2.39. The molecule has 1 saturated heterocycles. The number of aromatic amines is 1. The van der Waals surface area contributed by atoms with Gasteiger partial charge in [0, 0.05) is 24.7 Å². The van der Waals surface area contributed by atoms with Gasteiger partial charge in [-0.25, -0.2) is 9.46 Å². The highest BCUT2D eigenvalue weighted by Crippen LogP contribution is 2.50. The van der Waals surface area contributed by atoms with Crippen LogP contribution in [0.25, 0.3) is 6.08 Å². The van der Waals surface area contributed by atoms with Gasteiger partial charge in [0.15, 0.2) is 0 Å². The molecule has 58 heavy (non-hydrogen) atoms. The summed E-state index contributed by atoms with van der Waals surface area (Å²) in [4.78, 5) is 28.9. The van der Waals surface area contributed by atoms with Gasteiger partial charge < -0.3 is 28.0 Å². The van der Waals surface area contributed by atoms with E-state index in [2.05, 4.69) is 43.4 Å². The first-order valence-corrected chi connectivity index (χ1v) is 20.8. The monoisotopic (exact) mass is 812 g/mol. The van der Waals surface area contributed by atoms with Gasteiger partial charge in [0.25, 0.3) is 14.1 Å². The van der Waals surface area contributed by atoms with Gasteiger partial charge in [-0.05, 0) is 74.1 Å². The Hall–Kier alpha value is -4.60. The molecule has 0 amide bonds. The predicted octanol–water partition coefficient (Wildman–Crippen LogP) is 8.57. The molecule has 2 heterocycles. The average molecular weight is 813 g/mol. The van der Waals surface area contributed by atoms with E-state index in [9.17, 15) is 14.9 Å². The van der Waals surface area contributed by atoms with Crippen LogP contribution in [-0.2, 0) is 24.1 Å². The van der Waals surface area contributed by atoms with Crippen LogP contribution >= 0.6 is 8.53 Å². The minimum atomic E-state index is -1.70. The van der Waals surface area contributed by atoms with Crippen LogP contribution in [0.3, 0.4) is 0 Å². The molecule has 1 aliphatic rings. The maximum atomic E-state index is 13.5. The molecule has 0 saturated carbocycles. The van der Waals surface area contributed by atoms with Crippen LogP contribution in [0.4, 0.5) is 0 Å². The van der Waals surface area contributed by atoms with Crippen LogP contribution in [0.15, 0.2) is 101 Å². The zero-order valence-corrected chi connectivity index (χ0v) is 35.9. The minimum absolute atomic E-state index is 0.0216. The Kier molecular flexibility index (Phi) is 15.3.